The summed E-state index contributed by atoms with van der Waals surface area (Å²) in [6, 6.07) is 8.45. The molecular formula is C14H19N3S2. The first-order valence-corrected chi connectivity index (χ1v) is 7.59. The zero-order valence-electron chi connectivity index (χ0n) is 11.7. The van der Waals surface area contributed by atoms with Crippen molar-refractivity contribution in [1.82, 2.24) is 5.32 Å². The number of hydrogen-bond donors (Lipinski definition) is 1. The quantitative estimate of drug-likeness (QED) is 0.867. The molecule has 0 fully saturated rings. The van der Waals surface area contributed by atoms with Crippen molar-refractivity contribution >= 4 is 39.8 Å². The molecule has 5 heteroatoms. The molecular weight excluding hydrogens is 274 g/mol. The number of thioether (sulfide) groups is 1. The van der Waals surface area contributed by atoms with Crippen molar-refractivity contribution in [1.29, 1.82) is 0 Å². The Balaban J connectivity index is 2.12. The molecule has 102 valence electrons. The molecule has 0 atom stereocenters. The minimum Gasteiger partial charge on any atom is -0.377 e. The second-order valence-corrected chi connectivity index (χ2v) is 6.63. The van der Waals surface area contributed by atoms with Gasteiger partial charge >= 0.3 is 0 Å². The normalized spacial score (nSPS) is 17.1. The molecule has 1 aliphatic heterocycles. The first-order chi connectivity index (χ1) is 8.90. The molecule has 3 nitrogen and oxygen atoms in total. The average Bonchev–Trinajstić information content (AvgIpc) is 2.59. The Hall–Kier alpha value is -1.07. The van der Waals surface area contributed by atoms with Crippen LogP contribution in [0.4, 0.5) is 5.69 Å². The maximum atomic E-state index is 5.12. The lowest BCUT2D eigenvalue weighted by Gasteiger charge is -2.21. The van der Waals surface area contributed by atoms with E-state index >= 15 is 0 Å². The minimum absolute atomic E-state index is 0.144. The summed E-state index contributed by atoms with van der Waals surface area (Å²) in [5, 5.41) is 4.87. The second kappa shape index (κ2) is 5.51. The maximum Gasteiger partial charge on any atom is 0.194 e. The van der Waals surface area contributed by atoms with Gasteiger partial charge in [-0.3, -0.25) is 0 Å². The zero-order chi connectivity index (χ0) is 14.0. The van der Waals surface area contributed by atoms with E-state index in [1.54, 1.807) is 11.8 Å². The van der Waals surface area contributed by atoms with Crippen LogP contribution in [0.15, 0.2) is 29.3 Å². The first-order valence-electron chi connectivity index (χ1n) is 6.19. The van der Waals surface area contributed by atoms with Gasteiger partial charge < -0.3 is 10.2 Å². The predicted molar refractivity (Wildman–Crippen MR) is 89.3 cm³/mol. The second-order valence-electron chi connectivity index (χ2n) is 5.28. The number of anilines is 1. The molecule has 0 amide bonds. The Morgan fingerprint density at radius 2 is 2.00 bits per heavy atom. The summed E-state index contributed by atoms with van der Waals surface area (Å²) in [5.41, 5.74) is 2.42. The van der Waals surface area contributed by atoms with Crippen molar-refractivity contribution in [2.45, 2.75) is 25.1 Å². The van der Waals surface area contributed by atoms with Crippen LogP contribution >= 0.6 is 24.0 Å². The molecule has 0 aromatic heterocycles. The number of aliphatic imine (C=N–C) groups is 1. The number of thiocarbonyl (C=S) groups is 1. The third-order valence-electron chi connectivity index (χ3n) is 2.99. The lowest BCUT2D eigenvalue weighted by molar-refractivity contribution is 0.646. The van der Waals surface area contributed by atoms with Gasteiger partial charge in [0.1, 0.15) is 5.04 Å². The minimum atomic E-state index is -0.144. The molecule has 1 aromatic rings. The monoisotopic (exact) mass is 293 g/mol. The summed E-state index contributed by atoms with van der Waals surface area (Å²) in [7, 11) is 4.13. The largest absolute Gasteiger partial charge is 0.377 e. The molecule has 0 saturated carbocycles. The molecule has 0 bridgehead atoms. The van der Waals surface area contributed by atoms with Crippen LogP contribution in [0, 0.1) is 0 Å². The van der Waals surface area contributed by atoms with E-state index in [4.69, 9.17) is 12.2 Å². The Morgan fingerprint density at radius 3 is 2.58 bits per heavy atom. The Kier molecular flexibility index (Phi) is 4.16. The van der Waals surface area contributed by atoms with Gasteiger partial charge in [-0.25, -0.2) is 4.99 Å². The number of nitrogens with zero attached hydrogens (tertiary/aromatic N) is 2. The molecule has 1 heterocycles. The third kappa shape index (κ3) is 3.28. The van der Waals surface area contributed by atoms with Gasteiger partial charge in [0.15, 0.2) is 5.11 Å². The number of hydrogen-bond acceptors (Lipinski definition) is 3. The topological polar surface area (TPSA) is 27.6 Å². The van der Waals surface area contributed by atoms with Crippen LogP contribution in [0.5, 0.6) is 0 Å². The fourth-order valence-electron chi connectivity index (χ4n) is 2.01. The fraction of sp³-hybridized carbons (Fsp3) is 0.429. The Morgan fingerprint density at radius 1 is 1.32 bits per heavy atom. The first kappa shape index (κ1) is 14.3. The van der Waals surface area contributed by atoms with Gasteiger partial charge in [-0.15, -0.1) is 11.8 Å². The standard InChI is InChI=1S/C14H19N3S2/c1-14(2)12(15-13(18)16-14)19-9-10-7-5-6-8-11(10)17(3)4/h5-8H,9H2,1-4H3,(H,16,18). The highest BCUT2D eigenvalue weighted by Crippen LogP contribution is 2.28. The molecule has 1 aromatic carbocycles. The van der Waals surface area contributed by atoms with E-state index in [1.165, 1.54) is 11.3 Å². The van der Waals surface area contributed by atoms with Crippen molar-refractivity contribution in [2.75, 3.05) is 19.0 Å². The van der Waals surface area contributed by atoms with Gasteiger partial charge in [-0.2, -0.15) is 0 Å². The molecule has 0 radical (unpaired) electrons. The SMILES string of the molecule is CN(C)c1ccccc1CSC1=NC(=S)NC1(C)C. The molecule has 2 rings (SSSR count). The lowest BCUT2D eigenvalue weighted by Crippen LogP contribution is -2.41. The van der Waals surface area contributed by atoms with E-state index < -0.39 is 0 Å². The summed E-state index contributed by atoms with van der Waals surface area (Å²) in [6.07, 6.45) is 0. The van der Waals surface area contributed by atoms with Crippen LogP contribution < -0.4 is 10.2 Å². The van der Waals surface area contributed by atoms with E-state index in [2.05, 4.69) is 67.4 Å². The fourth-order valence-corrected chi connectivity index (χ4v) is 3.52. The molecule has 0 unspecified atom stereocenters. The number of benzene rings is 1. The van der Waals surface area contributed by atoms with Crippen LogP contribution in [0.25, 0.3) is 0 Å². The maximum absolute atomic E-state index is 5.12. The molecule has 1 aliphatic rings. The summed E-state index contributed by atoms with van der Waals surface area (Å²) in [4.78, 5) is 6.56. The summed E-state index contributed by atoms with van der Waals surface area (Å²) in [6.45, 7) is 4.21. The highest BCUT2D eigenvalue weighted by Gasteiger charge is 2.31. The molecule has 0 saturated heterocycles. The van der Waals surface area contributed by atoms with Crippen molar-refractivity contribution in [3.05, 3.63) is 29.8 Å². The van der Waals surface area contributed by atoms with Crippen molar-refractivity contribution in [3.63, 3.8) is 0 Å². The predicted octanol–water partition coefficient (Wildman–Crippen LogP) is 3.05. The van der Waals surface area contributed by atoms with E-state index in [-0.39, 0.29) is 5.54 Å². The molecule has 19 heavy (non-hydrogen) atoms. The summed E-state index contributed by atoms with van der Waals surface area (Å²) >= 11 is 6.88. The van der Waals surface area contributed by atoms with E-state index in [0.717, 1.165) is 10.8 Å². The van der Waals surface area contributed by atoms with Gasteiger partial charge in [0, 0.05) is 25.5 Å². The van der Waals surface area contributed by atoms with Crippen LogP contribution in [-0.2, 0) is 5.75 Å². The van der Waals surface area contributed by atoms with Gasteiger partial charge in [-0.05, 0) is 37.7 Å². The lowest BCUT2D eigenvalue weighted by atomic mass is 10.1. The molecule has 0 aliphatic carbocycles. The van der Waals surface area contributed by atoms with Crippen molar-refractivity contribution < 1.29 is 0 Å². The summed E-state index contributed by atoms with van der Waals surface area (Å²) in [5.74, 6) is 0.904. The highest BCUT2D eigenvalue weighted by atomic mass is 32.2. The van der Waals surface area contributed by atoms with Gasteiger partial charge in [0.05, 0.1) is 5.54 Å². The molecule has 0 spiro atoms. The Labute approximate surface area is 124 Å². The van der Waals surface area contributed by atoms with Gasteiger partial charge in [0.2, 0.25) is 0 Å². The number of rotatable bonds is 3. The zero-order valence-corrected chi connectivity index (χ0v) is 13.4. The highest BCUT2D eigenvalue weighted by molar-refractivity contribution is 8.13. The van der Waals surface area contributed by atoms with Gasteiger partial charge in [0.25, 0.3) is 0 Å². The number of nitrogens with one attached hydrogen (secondary N) is 1. The van der Waals surface area contributed by atoms with Crippen LogP contribution in [0.3, 0.4) is 0 Å². The van der Waals surface area contributed by atoms with E-state index in [0.29, 0.717) is 5.11 Å². The third-order valence-corrected chi connectivity index (χ3v) is 4.52. The van der Waals surface area contributed by atoms with Crippen LogP contribution in [-0.4, -0.2) is 29.8 Å². The van der Waals surface area contributed by atoms with Crippen LogP contribution in [0.2, 0.25) is 0 Å². The van der Waals surface area contributed by atoms with Crippen molar-refractivity contribution in [2.24, 2.45) is 4.99 Å². The average molecular weight is 293 g/mol. The van der Waals surface area contributed by atoms with E-state index in [1.807, 2.05) is 0 Å². The van der Waals surface area contributed by atoms with Crippen molar-refractivity contribution in [3.8, 4) is 0 Å². The molecule has 1 N–H and O–H groups in total. The Bertz CT molecular complexity index is 521. The van der Waals surface area contributed by atoms with E-state index in [9.17, 15) is 0 Å². The smallest absolute Gasteiger partial charge is 0.194 e. The number of para-hydroxylation sites is 1. The summed E-state index contributed by atoms with van der Waals surface area (Å²) < 4.78 is 0. The van der Waals surface area contributed by atoms with Gasteiger partial charge in [-0.1, -0.05) is 18.2 Å². The van der Waals surface area contributed by atoms with Crippen LogP contribution in [0.1, 0.15) is 19.4 Å².